The lowest BCUT2D eigenvalue weighted by Gasteiger charge is -2.05. The molecule has 0 aliphatic rings. The van der Waals surface area contributed by atoms with Crippen LogP contribution in [0.2, 0.25) is 0 Å². The summed E-state index contributed by atoms with van der Waals surface area (Å²) in [6.45, 7) is 6.81. The minimum absolute atomic E-state index is 0. The Bertz CT molecular complexity index is 278. The van der Waals surface area contributed by atoms with Gasteiger partial charge in [-0.05, 0) is 18.6 Å². The first-order chi connectivity index (χ1) is 7.79. The highest BCUT2D eigenvalue weighted by Gasteiger charge is 1.92. The van der Waals surface area contributed by atoms with Crippen molar-refractivity contribution >= 4 is 5.91 Å². The number of hydrogen-bond acceptors (Lipinski definition) is 2. The van der Waals surface area contributed by atoms with Crippen molar-refractivity contribution in [3.8, 4) is 5.75 Å². The number of benzene rings is 1. The van der Waals surface area contributed by atoms with Gasteiger partial charge in [0.15, 0.2) is 0 Å². The van der Waals surface area contributed by atoms with Gasteiger partial charge in [0.2, 0.25) is 5.91 Å². The van der Waals surface area contributed by atoms with Crippen LogP contribution in [0, 0.1) is 0 Å². The molecule has 1 N–H and O–H groups in total. The summed E-state index contributed by atoms with van der Waals surface area (Å²) in [5.74, 6) is 0.875. The quantitative estimate of drug-likeness (QED) is 0.782. The van der Waals surface area contributed by atoms with Crippen LogP contribution < -0.4 is 10.1 Å². The number of carbonyl (C=O) groups excluding carboxylic acids is 1. The van der Waals surface area contributed by atoms with Gasteiger partial charge in [0, 0.05) is 14.9 Å². The van der Waals surface area contributed by atoms with Gasteiger partial charge in [-0.15, -0.1) is 0 Å². The van der Waals surface area contributed by atoms with Gasteiger partial charge < -0.3 is 10.1 Å². The van der Waals surface area contributed by atoms with E-state index >= 15 is 0 Å². The molecule has 0 atom stereocenters. The van der Waals surface area contributed by atoms with E-state index in [1.807, 2.05) is 44.2 Å². The second-order valence-electron chi connectivity index (χ2n) is 3.00. The van der Waals surface area contributed by atoms with Gasteiger partial charge in [-0.3, -0.25) is 4.79 Å². The molecule has 1 aromatic rings. The van der Waals surface area contributed by atoms with Crippen LogP contribution in [0.25, 0.3) is 0 Å². The van der Waals surface area contributed by atoms with Gasteiger partial charge in [-0.25, -0.2) is 0 Å². The molecule has 0 radical (unpaired) electrons. The van der Waals surface area contributed by atoms with E-state index in [4.69, 9.17) is 4.74 Å². The molecule has 0 unspecified atom stereocenters. The Kier molecular flexibility index (Phi) is 9.08. The van der Waals surface area contributed by atoms with Crippen molar-refractivity contribution in [2.45, 2.75) is 27.2 Å². The maximum Gasteiger partial charge on any atom is 0.216 e. The molecule has 16 heavy (non-hydrogen) atoms. The summed E-state index contributed by atoms with van der Waals surface area (Å²) in [7, 11) is 0. The van der Waals surface area contributed by atoms with Crippen LogP contribution in [0.4, 0.5) is 0 Å². The molecule has 92 valence electrons. The zero-order valence-electron chi connectivity index (χ0n) is 10.3. The molecule has 0 heterocycles. The number of para-hydroxylation sites is 1. The van der Waals surface area contributed by atoms with Gasteiger partial charge in [0.05, 0.1) is 6.61 Å². The van der Waals surface area contributed by atoms with E-state index in [0.717, 1.165) is 12.2 Å². The van der Waals surface area contributed by atoms with Crippen molar-refractivity contribution < 1.29 is 11.0 Å². The molecule has 1 amide bonds. The maximum atomic E-state index is 10.5. The lowest BCUT2D eigenvalue weighted by atomic mass is 10.3. The fourth-order valence-electron chi connectivity index (χ4n) is 1.04. The van der Waals surface area contributed by atoms with Gasteiger partial charge >= 0.3 is 0 Å². The third-order valence-corrected chi connectivity index (χ3v) is 1.71. The Labute approximate surface area is 99.3 Å². The van der Waals surface area contributed by atoms with Crippen LogP contribution in [-0.4, -0.2) is 19.1 Å². The van der Waals surface area contributed by atoms with E-state index in [1.165, 1.54) is 6.92 Å². The molecule has 0 fully saturated rings. The predicted molar refractivity (Wildman–Crippen MR) is 68.7 cm³/mol. The molecule has 0 aliphatic carbocycles. The normalized spacial score (nSPS) is 8.69. The predicted octanol–water partition coefficient (Wildman–Crippen LogP) is 2.86. The molecule has 1 aromatic carbocycles. The summed E-state index contributed by atoms with van der Waals surface area (Å²) in [6.07, 6.45) is 0.828. The molecule has 0 aromatic heterocycles. The first kappa shape index (κ1) is 14.5. The molecule has 3 heteroatoms. The van der Waals surface area contributed by atoms with Gasteiger partial charge in [0.25, 0.3) is 0 Å². The Morgan fingerprint density at radius 1 is 1.31 bits per heavy atom. The Balaban J connectivity index is 0. The van der Waals surface area contributed by atoms with Gasteiger partial charge in [0.1, 0.15) is 5.75 Å². The van der Waals surface area contributed by atoms with E-state index < -0.39 is 0 Å². The number of amides is 1. The van der Waals surface area contributed by atoms with Crippen LogP contribution in [0.1, 0.15) is 28.6 Å². The summed E-state index contributed by atoms with van der Waals surface area (Å²) in [5.41, 5.74) is 0. The minimum atomic E-state index is 0. The Morgan fingerprint density at radius 2 is 1.94 bits per heavy atom. The zero-order valence-corrected chi connectivity index (χ0v) is 10.3. The maximum absolute atomic E-state index is 10.5. The van der Waals surface area contributed by atoms with Crippen LogP contribution >= 0.6 is 0 Å². The molecule has 0 saturated heterocycles. The summed E-state index contributed by atoms with van der Waals surface area (Å²) in [6, 6.07) is 9.65. The van der Waals surface area contributed by atoms with Crippen molar-refractivity contribution in [2.75, 3.05) is 13.2 Å². The van der Waals surface area contributed by atoms with Crippen LogP contribution in [0.5, 0.6) is 5.75 Å². The Hall–Kier alpha value is -1.51. The smallest absolute Gasteiger partial charge is 0.216 e. The minimum Gasteiger partial charge on any atom is -0.494 e. The summed E-state index contributed by atoms with van der Waals surface area (Å²) < 4.78 is 5.44. The molecular formula is C13H23NO2. The fourth-order valence-corrected chi connectivity index (χ4v) is 1.04. The van der Waals surface area contributed by atoms with Crippen molar-refractivity contribution in [2.24, 2.45) is 0 Å². The van der Waals surface area contributed by atoms with E-state index in [0.29, 0.717) is 13.2 Å². The number of rotatable bonds is 5. The molecular weight excluding hydrogens is 202 g/mol. The number of carbonyl (C=O) groups is 1. The molecule has 1 rings (SSSR count). The zero-order chi connectivity index (χ0) is 12.2. The van der Waals surface area contributed by atoms with Gasteiger partial charge in [-0.1, -0.05) is 32.0 Å². The molecule has 0 spiro atoms. The molecule has 3 nitrogen and oxygen atoms in total. The van der Waals surface area contributed by atoms with Crippen molar-refractivity contribution in [3.05, 3.63) is 30.3 Å². The molecule has 0 bridgehead atoms. The molecule has 0 aliphatic heterocycles. The summed E-state index contributed by atoms with van der Waals surface area (Å²) in [5, 5.41) is 2.71. The second kappa shape index (κ2) is 10.0. The van der Waals surface area contributed by atoms with Crippen molar-refractivity contribution in [1.29, 1.82) is 0 Å². The first-order valence-electron chi connectivity index (χ1n) is 5.71. The summed E-state index contributed by atoms with van der Waals surface area (Å²) >= 11 is 0. The van der Waals surface area contributed by atoms with E-state index in [1.54, 1.807) is 0 Å². The molecule has 0 saturated carbocycles. The van der Waals surface area contributed by atoms with Crippen molar-refractivity contribution in [3.63, 3.8) is 0 Å². The van der Waals surface area contributed by atoms with E-state index in [2.05, 4.69) is 5.32 Å². The first-order valence-corrected chi connectivity index (χ1v) is 5.71. The van der Waals surface area contributed by atoms with E-state index in [-0.39, 0.29) is 7.33 Å². The second-order valence-corrected chi connectivity index (χ2v) is 3.00. The third kappa shape index (κ3) is 7.85. The highest BCUT2D eigenvalue weighted by molar-refractivity contribution is 5.72. The van der Waals surface area contributed by atoms with Crippen molar-refractivity contribution in [1.82, 2.24) is 5.32 Å². The lowest BCUT2D eigenvalue weighted by molar-refractivity contribution is -0.118. The van der Waals surface area contributed by atoms with Crippen LogP contribution in [0.3, 0.4) is 0 Å². The average Bonchev–Trinajstić information content (AvgIpc) is 2.32. The lowest BCUT2D eigenvalue weighted by Crippen LogP contribution is -2.22. The fraction of sp³-hybridized carbons (Fsp3) is 0.462. The Morgan fingerprint density at radius 3 is 2.50 bits per heavy atom. The standard InChI is InChI=1S/C11H15NO2.C2H6.H2/c1-10(13)12-8-5-9-14-11-6-3-2-4-7-11;1-2;/h2-4,6-7H,5,8-9H2,1H3,(H,12,13);1-2H3;1H. The monoisotopic (exact) mass is 225 g/mol. The number of hydrogen-bond donors (Lipinski definition) is 1. The third-order valence-electron chi connectivity index (χ3n) is 1.71. The average molecular weight is 225 g/mol. The van der Waals surface area contributed by atoms with E-state index in [9.17, 15) is 4.79 Å². The topological polar surface area (TPSA) is 38.3 Å². The largest absolute Gasteiger partial charge is 0.494 e. The SMILES string of the molecule is CC.CC(=O)NCCCOc1ccccc1.[HH]. The van der Waals surface area contributed by atoms with Gasteiger partial charge in [-0.2, -0.15) is 0 Å². The van der Waals surface area contributed by atoms with Crippen LogP contribution in [-0.2, 0) is 4.79 Å². The summed E-state index contributed by atoms with van der Waals surface area (Å²) in [4.78, 5) is 10.5. The highest BCUT2D eigenvalue weighted by Crippen LogP contribution is 2.07. The van der Waals surface area contributed by atoms with Crippen LogP contribution in [0.15, 0.2) is 30.3 Å². The highest BCUT2D eigenvalue weighted by atomic mass is 16.5. The number of nitrogens with one attached hydrogen (secondary N) is 1. The number of ether oxygens (including phenoxy) is 1.